The number of hydrogen-bond acceptors (Lipinski definition) is 4. The number of carbonyl (C=O) groups excluding carboxylic acids is 2. The topological polar surface area (TPSA) is 53.5 Å². The van der Waals surface area contributed by atoms with Crippen LogP contribution < -0.4 is 0 Å². The summed E-state index contributed by atoms with van der Waals surface area (Å²) in [6, 6.07) is 0.495. The Morgan fingerprint density at radius 3 is 2.39 bits per heavy atom. The molecule has 1 unspecified atom stereocenters. The molecule has 2 aliphatic heterocycles. The predicted octanol–water partition coefficient (Wildman–Crippen LogP) is 4.08. The monoisotopic (exact) mass is 401 g/mol. The Labute approximate surface area is 171 Å². The van der Waals surface area contributed by atoms with Crippen molar-refractivity contribution in [3.63, 3.8) is 0 Å². The van der Waals surface area contributed by atoms with E-state index in [9.17, 15) is 9.59 Å². The predicted molar refractivity (Wildman–Crippen MR) is 109 cm³/mol. The van der Waals surface area contributed by atoms with Crippen LogP contribution in [0.5, 0.6) is 0 Å². The second-order valence-electron chi connectivity index (χ2n) is 9.32. The summed E-state index contributed by atoms with van der Waals surface area (Å²) in [6.45, 7) is 3.70. The molecule has 3 heterocycles. The molecule has 4 aliphatic rings. The number of amides is 2. The molecule has 4 fully saturated rings. The molecule has 6 heteroatoms. The number of thiazole rings is 1. The van der Waals surface area contributed by atoms with Gasteiger partial charge >= 0.3 is 0 Å². The van der Waals surface area contributed by atoms with E-state index < -0.39 is 0 Å². The van der Waals surface area contributed by atoms with E-state index in [1.165, 1.54) is 30.6 Å². The summed E-state index contributed by atoms with van der Waals surface area (Å²) in [4.78, 5) is 36.2. The largest absolute Gasteiger partial charge is 0.342 e. The van der Waals surface area contributed by atoms with Gasteiger partial charge in [0, 0.05) is 25.0 Å². The van der Waals surface area contributed by atoms with Crippen molar-refractivity contribution in [2.75, 3.05) is 13.1 Å². The number of aromatic nitrogens is 1. The van der Waals surface area contributed by atoms with Crippen molar-refractivity contribution in [1.82, 2.24) is 14.8 Å². The zero-order valence-electron chi connectivity index (χ0n) is 16.9. The van der Waals surface area contributed by atoms with E-state index in [1.807, 2.05) is 5.51 Å². The molecule has 2 aliphatic carbocycles. The lowest BCUT2D eigenvalue weighted by Crippen LogP contribution is -2.66. The SMILES string of the molecule is Cc1ncsc1C1N(C2CCN(C(=O)C3CCCC3)CC2)C(=O)C12CCCC2. The Hall–Kier alpha value is -1.43. The third-order valence-corrected chi connectivity index (χ3v) is 8.85. The van der Waals surface area contributed by atoms with E-state index in [0.717, 1.165) is 57.3 Å². The lowest BCUT2D eigenvalue weighted by atomic mass is 9.67. The molecular formula is C22H31N3O2S. The van der Waals surface area contributed by atoms with Gasteiger partial charge in [-0.1, -0.05) is 25.7 Å². The van der Waals surface area contributed by atoms with Crippen LogP contribution in [0.4, 0.5) is 0 Å². The van der Waals surface area contributed by atoms with Gasteiger partial charge in [0.25, 0.3) is 0 Å². The van der Waals surface area contributed by atoms with Crippen molar-refractivity contribution in [3.8, 4) is 0 Å². The maximum Gasteiger partial charge on any atom is 0.232 e. The van der Waals surface area contributed by atoms with Gasteiger partial charge in [0.15, 0.2) is 0 Å². The quantitative estimate of drug-likeness (QED) is 0.717. The molecule has 1 spiro atoms. The highest BCUT2D eigenvalue weighted by Crippen LogP contribution is 2.61. The molecule has 0 N–H and O–H groups in total. The molecular weight excluding hydrogens is 370 g/mol. The fourth-order valence-corrected chi connectivity index (χ4v) is 7.32. The third kappa shape index (κ3) is 2.74. The first-order chi connectivity index (χ1) is 13.6. The summed E-state index contributed by atoms with van der Waals surface area (Å²) in [5, 5.41) is 0. The lowest BCUT2D eigenvalue weighted by Gasteiger charge is -2.58. The Morgan fingerprint density at radius 2 is 1.79 bits per heavy atom. The highest BCUT2D eigenvalue weighted by atomic mass is 32.1. The van der Waals surface area contributed by atoms with Crippen LogP contribution in [-0.2, 0) is 9.59 Å². The number of likely N-dealkylation sites (tertiary alicyclic amines) is 2. The Morgan fingerprint density at radius 1 is 1.11 bits per heavy atom. The van der Waals surface area contributed by atoms with Gasteiger partial charge in [0.05, 0.1) is 27.5 Å². The molecule has 0 bridgehead atoms. The summed E-state index contributed by atoms with van der Waals surface area (Å²) >= 11 is 1.72. The lowest BCUT2D eigenvalue weighted by molar-refractivity contribution is -0.181. The molecule has 1 atom stereocenters. The van der Waals surface area contributed by atoms with Gasteiger partial charge in [-0.25, -0.2) is 4.98 Å². The molecule has 5 nitrogen and oxygen atoms in total. The highest BCUT2D eigenvalue weighted by Gasteiger charge is 2.64. The molecule has 0 aromatic carbocycles. The van der Waals surface area contributed by atoms with Crippen LogP contribution in [0.25, 0.3) is 0 Å². The van der Waals surface area contributed by atoms with E-state index in [0.29, 0.717) is 11.8 Å². The number of piperidine rings is 1. The summed E-state index contributed by atoms with van der Waals surface area (Å²) in [5.41, 5.74) is 2.86. The van der Waals surface area contributed by atoms with Gasteiger partial charge in [0.2, 0.25) is 11.8 Å². The number of carbonyl (C=O) groups is 2. The van der Waals surface area contributed by atoms with Crippen molar-refractivity contribution < 1.29 is 9.59 Å². The second-order valence-corrected chi connectivity index (χ2v) is 10.2. The summed E-state index contributed by atoms with van der Waals surface area (Å²) < 4.78 is 0. The molecule has 152 valence electrons. The molecule has 2 amide bonds. The van der Waals surface area contributed by atoms with Crippen LogP contribution in [0.1, 0.15) is 80.8 Å². The molecule has 2 saturated heterocycles. The fourth-order valence-electron chi connectivity index (χ4n) is 6.31. The molecule has 1 aromatic heterocycles. The summed E-state index contributed by atoms with van der Waals surface area (Å²) in [7, 11) is 0. The molecule has 28 heavy (non-hydrogen) atoms. The maximum absolute atomic E-state index is 13.4. The van der Waals surface area contributed by atoms with Crippen LogP contribution >= 0.6 is 11.3 Å². The van der Waals surface area contributed by atoms with Crippen molar-refractivity contribution in [1.29, 1.82) is 0 Å². The Kier molecular flexibility index (Phi) is 4.73. The average Bonchev–Trinajstić information content (AvgIpc) is 3.47. The minimum atomic E-state index is -0.159. The van der Waals surface area contributed by atoms with E-state index in [-0.39, 0.29) is 23.4 Å². The van der Waals surface area contributed by atoms with Gasteiger partial charge in [-0.05, 0) is 45.4 Å². The van der Waals surface area contributed by atoms with Gasteiger partial charge in [-0.2, -0.15) is 0 Å². The van der Waals surface area contributed by atoms with Gasteiger partial charge in [0.1, 0.15) is 0 Å². The average molecular weight is 402 g/mol. The maximum atomic E-state index is 13.4. The Balaban J connectivity index is 1.31. The first kappa shape index (κ1) is 18.6. The minimum absolute atomic E-state index is 0.159. The third-order valence-electron chi connectivity index (χ3n) is 7.86. The van der Waals surface area contributed by atoms with Crippen molar-refractivity contribution in [3.05, 3.63) is 16.1 Å². The van der Waals surface area contributed by atoms with Crippen molar-refractivity contribution >= 4 is 23.2 Å². The van der Waals surface area contributed by atoms with Crippen LogP contribution in [0, 0.1) is 18.3 Å². The number of aryl methyl sites for hydroxylation is 1. The standard InChI is InChI=1S/C22H31N3O2S/c1-15-18(28-14-23-15)19-22(10-4-5-11-22)21(27)25(19)17-8-12-24(13-9-17)20(26)16-6-2-3-7-16/h14,16-17,19H,2-13H2,1H3. The summed E-state index contributed by atoms with van der Waals surface area (Å²) in [6.07, 6.45) is 10.8. The molecule has 0 radical (unpaired) electrons. The smallest absolute Gasteiger partial charge is 0.232 e. The van der Waals surface area contributed by atoms with E-state index >= 15 is 0 Å². The zero-order chi connectivity index (χ0) is 19.3. The second kappa shape index (κ2) is 7.12. The molecule has 1 aromatic rings. The van der Waals surface area contributed by atoms with E-state index in [2.05, 4.69) is 21.7 Å². The highest BCUT2D eigenvalue weighted by molar-refractivity contribution is 7.09. The van der Waals surface area contributed by atoms with Crippen LogP contribution in [-0.4, -0.2) is 45.7 Å². The number of β-lactam (4-membered cyclic amide) rings is 1. The Bertz CT molecular complexity index is 756. The van der Waals surface area contributed by atoms with Crippen LogP contribution in [0.3, 0.4) is 0 Å². The number of rotatable bonds is 3. The first-order valence-electron chi connectivity index (χ1n) is 11.1. The first-order valence-corrected chi connectivity index (χ1v) is 12.0. The van der Waals surface area contributed by atoms with E-state index in [4.69, 9.17) is 0 Å². The van der Waals surface area contributed by atoms with Crippen LogP contribution in [0.2, 0.25) is 0 Å². The van der Waals surface area contributed by atoms with Crippen molar-refractivity contribution in [2.45, 2.75) is 83.2 Å². The van der Waals surface area contributed by atoms with Gasteiger partial charge in [-0.15, -0.1) is 11.3 Å². The zero-order valence-corrected chi connectivity index (χ0v) is 17.7. The number of hydrogen-bond donors (Lipinski definition) is 0. The van der Waals surface area contributed by atoms with Crippen LogP contribution in [0.15, 0.2) is 5.51 Å². The van der Waals surface area contributed by atoms with E-state index in [1.54, 1.807) is 11.3 Å². The molecule has 2 saturated carbocycles. The fraction of sp³-hybridized carbons (Fsp3) is 0.773. The molecule has 5 rings (SSSR count). The minimum Gasteiger partial charge on any atom is -0.342 e. The number of nitrogens with zero attached hydrogens (tertiary/aromatic N) is 3. The van der Waals surface area contributed by atoms with Crippen molar-refractivity contribution in [2.24, 2.45) is 11.3 Å². The normalized spacial score (nSPS) is 28.3. The summed E-state index contributed by atoms with van der Waals surface area (Å²) in [5.74, 6) is 1.01. The van der Waals surface area contributed by atoms with Gasteiger partial charge < -0.3 is 9.80 Å². The van der Waals surface area contributed by atoms with Gasteiger partial charge in [-0.3, -0.25) is 9.59 Å².